The van der Waals surface area contributed by atoms with E-state index in [1.165, 1.54) is 25.7 Å². The van der Waals surface area contributed by atoms with Gasteiger partial charge in [-0.3, -0.25) is 0 Å². The number of hydrogen-bond donors (Lipinski definition) is 0. The van der Waals surface area contributed by atoms with Crippen LogP contribution in [0.2, 0.25) is 0 Å². The van der Waals surface area contributed by atoms with Crippen molar-refractivity contribution in [1.29, 1.82) is 0 Å². The van der Waals surface area contributed by atoms with E-state index < -0.39 is 0 Å². The average molecular weight is 201 g/mol. The van der Waals surface area contributed by atoms with E-state index >= 15 is 0 Å². The molecule has 0 aliphatic heterocycles. The first-order chi connectivity index (χ1) is 6.43. The van der Waals surface area contributed by atoms with E-state index in [0.29, 0.717) is 0 Å². The standard InChI is InChI=1S/C10H17ClN2/c11-6-4-2-1-3-5-8-13-9-7-12-10-13/h7,9-10H,1-6,8H2. The summed E-state index contributed by atoms with van der Waals surface area (Å²) in [6, 6.07) is 0. The van der Waals surface area contributed by atoms with Crippen LogP contribution in [0.25, 0.3) is 0 Å². The Morgan fingerprint density at radius 1 is 1.08 bits per heavy atom. The highest BCUT2D eigenvalue weighted by Crippen LogP contribution is 2.05. The fourth-order valence-corrected chi connectivity index (χ4v) is 1.53. The lowest BCUT2D eigenvalue weighted by Gasteiger charge is -2.01. The summed E-state index contributed by atoms with van der Waals surface area (Å²) < 4.78 is 2.13. The predicted molar refractivity (Wildman–Crippen MR) is 56.0 cm³/mol. The van der Waals surface area contributed by atoms with Crippen LogP contribution in [0, 0.1) is 0 Å². The van der Waals surface area contributed by atoms with Gasteiger partial charge in [0.1, 0.15) is 0 Å². The Labute approximate surface area is 84.9 Å². The molecule has 0 radical (unpaired) electrons. The smallest absolute Gasteiger partial charge is 0.0945 e. The molecule has 13 heavy (non-hydrogen) atoms. The molecule has 74 valence electrons. The van der Waals surface area contributed by atoms with Gasteiger partial charge in [-0.05, 0) is 12.8 Å². The van der Waals surface area contributed by atoms with Crippen molar-refractivity contribution in [1.82, 2.24) is 9.55 Å². The van der Waals surface area contributed by atoms with Crippen molar-refractivity contribution in [2.75, 3.05) is 5.88 Å². The summed E-state index contributed by atoms with van der Waals surface area (Å²) in [6.07, 6.45) is 12.0. The van der Waals surface area contributed by atoms with Crippen molar-refractivity contribution in [2.45, 2.75) is 38.6 Å². The number of aryl methyl sites for hydroxylation is 1. The van der Waals surface area contributed by atoms with E-state index in [0.717, 1.165) is 18.8 Å². The van der Waals surface area contributed by atoms with E-state index in [-0.39, 0.29) is 0 Å². The first-order valence-electron chi connectivity index (χ1n) is 4.95. The van der Waals surface area contributed by atoms with Gasteiger partial charge >= 0.3 is 0 Å². The Hall–Kier alpha value is -0.500. The van der Waals surface area contributed by atoms with Gasteiger partial charge in [-0.25, -0.2) is 4.98 Å². The van der Waals surface area contributed by atoms with Crippen molar-refractivity contribution in [3.8, 4) is 0 Å². The molecule has 1 heterocycles. The van der Waals surface area contributed by atoms with Crippen molar-refractivity contribution in [3.63, 3.8) is 0 Å². The third-order valence-electron chi connectivity index (χ3n) is 2.11. The minimum absolute atomic E-state index is 0.807. The lowest BCUT2D eigenvalue weighted by atomic mass is 10.1. The van der Waals surface area contributed by atoms with E-state index in [2.05, 4.69) is 9.55 Å². The van der Waals surface area contributed by atoms with Crippen LogP contribution < -0.4 is 0 Å². The molecule has 1 rings (SSSR count). The van der Waals surface area contributed by atoms with Crippen LogP contribution in [-0.2, 0) is 6.54 Å². The van der Waals surface area contributed by atoms with Crippen LogP contribution >= 0.6 is 11.6 Å². The molecule has 2 nitrogen and oxygen atoms in total. The lowest BCUT2D eigenvalue weighted by molar-refractivity contribution is 0.569. The van der Waals surface area contributed by atoms with E-state index in [9.17, 15) is 0 Å². The van der Waals surface area contributed by atoms with Crippen molar-refractivity contribution in [3.05, 3.63) is 18.7 Å². The molecule has 0 aliphatic carbocycles. The third-order valence-corrected chi connectivity index (χ3v) is 2.38. The fraction of sp³-hybridized carbons (Fsp3) is 0.700. The highest BCUT2D eigenvalue weighted by atomic mass is 35.5. The Morgan fingerprint density at radius 3 is 2.54 bits per heavy atom. The molecular weight excluding hydrogens is 184 g/mol. The minimum atomic E-state index is 0.807. The molecule has 0 spiro atoms. The van der Waals surface area contributed by atoms with Crippen LogP contribution in [0.4, 0.5) is 0 Å². The first kappa shape index (κ1) is 10.6. The SMILES string of the molecule is ClCCCCCCCn1ccnc1. The number of aromatic nitrogens is 2. The molecule has 0 fully saturated rings. The normalized spacial score (nSPS) is 10.5. The Kier molecular flexibility index (Phi) is 5.66. The summed E-state index contributed by atoms with van der Waals surface area (Å²) >= 11 is 5.58. The second-order valence-electron chi connectivity index (χ2n) is 3.26. The molecule has 0 saturated heterocycles. The van der Waals surface area contributed by atoms with Gasteiger partial charge in [0, 0.05) is 24.8 Å². The quantitative estimate of drug-likeness (QED) is 0.489. The zero-order chi connectivity index (χ0) is 9.36. The fourth-order valence-electron chi connectivity index (χ4n) is 1.34. The predicted octanol–water partition coefficient (Wildman–Crippen LogP) is 3.07. The van der Waals surface area contributed by atoms with Gasteiger partial charge in [-0.15, -0.1) is 11.6 Å². The van der Waals surface area contributed by atoms with E-state index in [4.69, 9.17) is 11.6 Å². The van der Waals surface area contributed by atoms with Crippen LogP contribution in [0.1, 0.15) is 32.1 Å². The molecule has 1 aromatic rings. The minimum Gasteiger partial charge on any atom is -0.337 e. The summed E-state index contributed by atoms with van der Waals surface area (Å²) in [7, 11) is 0. The van der Waals surface area contributed by atoms with Gasteiger partial charge in [-0.1, -0.05) is 19.3 Å². The van der Waals surface area contributed by atoms with Gasteiger partial charge < -0.3 is 4.57 Å². The Balaban J connectivity index is 1.90. The van der Waals surface area contributed by atoms with Crippen LogP contribution in [-0.4, -0.2) is 15.4 Å². The Morgan fingerprint density at radius 2 is 1.85 bits per heavy atom. The number of imidazole rings is 1. The lowest BCUT2D eigenvalue weighted by Crippen LogP contribution is -1.93. The maximum atomic E-state index is 5.58. The number of hydrogen-bond acceptors (Lipinski definition) is 1. The van der Waals surface area contributed by atoms with Crippen molar-refractivity contribution in [2.24, 2.45) is 0 Å². The van der Waals surface area contributed by atoms with Gasteiger partial charge in [0.15, 0.2) is 0 Å². The van der Waals surface area contributed by atoms with Crippen LogP contribution in [0.15, 0.2) is 18.7 Å². The molecular formula is C10H17ClN2. The topological polar surface area (TPSA) is 17.8 Å². The molecule has 0 N–H and O–H groups in total. The summed E-state index contributed by atoms with van der Waals surface area (Å²) in [4.78, 5) is 4.00. The molecule has 0 amide bonds. The molecule has 0 saturated carbocycles. The highest BCUT2D eigenvalue weighted by Gasteiger charge is 1.91. The number of unbranched alkanes of at least 4 members (excludes halogenated alkanes) is 4. The van der Waals surface area contributed by atoms with Gasteiger partial charge in [-0.2, -0.15) is 0 Å². The monoisotopic (exact) mass is 200 g/mol. The molecule has 1 aromatic heterocycles. The maximum Gasteiger partial charge on any atom is 0.0945 e. The van der Waals surface area contributed by atoms with Crippen LogP contribution in [0.3, 0.4) is 0 Å². The molecule has 0 atom stereocenters. The second-order valence-corrected chi connectivity index (χ2v) is 3.64. The second kappa shape index (κ2) is 6.96. The van der Waals surface area contributed by atoms with Crippen molar-refractivity contribution < 1.29 is 0 Å². The molecule has 0 bridgehead atoms. The molecule has 3 heteroatoms. The summed E-state index contributed by atoms with van der Waals surface area (Å²) in [6.45, 7) is 1.10. The summed E-state index contributed by atoms with van der Waals surface area (Å²) in [5.74, 6) is 0.807. The zero-order valence-corrected chi connectivity index (χ0v) is 8.71. The highest BCUT2D eigenvalue weighted by molar-refractivity contribution is 6.17. The molecule has 0 aliphatic rings. The third kappa shape index (κ3) is 4.94. The number of halogens is 1. The zero-order valence-electron chi connectivity index (χ0n) is 7.95. The molecule has 0 unspecified atom stereocenters. The van der Waals surface area contributed by atoms with Gasteiger partial charge in [0.2, 0.25) is 0 Å². The summed E-state index contributed by atoms with van der Waals surface area (Å²) in [5.41, 5.74) is 0. The number of alkyl halides is 1. The average Bonchev–Trinajstić information content (AvgIpc) is 2.63. The Bertz CT molecular complexity index is 197. The number of nitrogens with zero attached hydrogens (tertiary/aromatic N) is 2. The van der Waals surface area contributed by atoms with Crippen LogP contribution in [0.5, 0.6) is 0 Å². The van der Waals surface area contributed by atoms with Gasteiger partial charge in [0.25, 0.3) is 0 Å². The van der Waals surface area contributed by atoms with Crippen molar-refractivity contribution >= 4 is 11.6 Å². The molecule has 0 aromatic carbocycles. The van der Waals surface area contributed by atoms with E-state index in [1.54, 1.807) is 0 Å². The number of rotatable bonds is 7. The largest absolute Gasteiger partial charge is 0.337 e. The maximum absolute atomic E-state index is 5.58. The van der Waals surface area contributed by atoms with E-state index in [1.807, 2.05) is 18.7 Å². The first-order valence-corrected chi connectivity index (χ1v) is 5.48. The summed E-state index contributed by atoms with van der Waals surface area (Å²) in [5, 5.41) is 0. The van der Waals surface area contributed by atoms with Gasteiger partial charge in [0.05, 0.1) is 6.33 Å².